The number of aliphatic hydroxyl groups excluding tert-OH is 19. The summed E-state index contributed by atoms with van der Waals surface area (Å²) in [5, 5.41) is 205. The Bertz CT molecular complexity index is 2440. The zero-order valence-corrected chi connectivity index (χ0v) is 57.1. The van der Waals surface area contributed by atoms with Gasteiger partial charge < -0.3 is 154 Å². The van der Waals surface area contributed by atoms with Gasteiger partial charge in [-0.05, 0) is 93.5 Å². The van der Waals surface area contributed by atoms with Gasteiger partial charge in [0.25, 0.3) is 0 Å². The molecular formula is C57H91I3O32. The van der Waals surface area contributed by atoms with Gasteiger partial charge in [-0.2, -0.15) is 0 Å². The summed E-state index contributed by atoms with van der Waals surface area (Å²) in [7, 11) is 0. The molecule has 0 radical (unpaired) electrons. The van der Waals surface area contributed by atoms with Crippen LogP contribution in [0.4, 0.5) is 0 Å². The van der Waals surface area contributed by atoms with Crippen LogP contribution in [0.2, 0.25) is 0 Å². The van der Waals surface area contributed by atoms with E-state index >= 15 is 4.79 Å². The van der Waals surface area contributed by atoms with Gasteiger partial charge in [-0.1, -0.05) is 87.7 Å². The van der Waals surface area contributed by atoms with Crippen molar-refractivity contribution in [1.82, 2.24) is 0 Å². The van der Waals surface area contributed by atoms with Gasteiger partial charge in [0.15, 0.2) is 37.6 Å². The quantitative estimate of drug-likeness (QED) is 0.0212. The van der Waals surface area contributed by atoms with Gasteiger partial charge >= 0.3 is 5.97 Å². The van der Waals surface area contributed by atoms with Crippen LogP contribution in [0.25, 0.3) is 0 Å². The van der Waals surface area contributed by atoms with E-state index in [1.807, 2.05) is 0 Å². The van der Waals surface area contributed by atoms with Crippen molar-refractivity contribution in [2.75, 3.05) is 33.0 Å². The smallest absolute Gasteiger partial charge is 0.314 e. The summed E-state index contributed by atoms with van der Waals surface area (Å²) in [4.78, 5) is 15.4. The molecule has 10 rings (SSSR count). The summed E-state index contributed by atoms with van der Waals surface area (Å²) in [5.41, 5.74) is -3.13. The summed E-state index contributed by atoms with van der Waals surface area (Å²) in [5.74, 6) is -1.35. The van der Waals surface area contributed by atoms with Crippen molar-refractivity contribution in [2.24, 2.45) is 28.1 Å². The van der Waals surface area contributed by atoms with Crippen LogP contribution < -0.4 is 0 Å². The Hall–Kier alpha value is 0.200. The number of alkyl halides is 3. The zero-order valence-electron chi connectivity index (χ0n) is 50.6. The predicted molar refractivity (Wildman–Crippen MR) is 329 cm³/mol. The highest BCUT2D eigenvalue weighted by molar-refractivity contribution is 14.3. The van der Waals surface area contributed by atoms with E-state index in [4.69, 9.17) is 56.8 Å². The average Bonchev–Trinajstić information content (AvgIpc) is 1.43. The second-order valence-corrected chi connectivity index (χ2v) is 37.5. The lowest BCUT2D eigenvalue weighted by Crippen LogP contribution is -2.68. The van der Waals surface area contributed by atoms with Crippen molar-refractivity contribution in [3.63, 3.8) is 0 Å². The van der Waals surface area contributed by atoms with Crippen LogP contribution in [0.3, 0.4) is 0 Å². The maximum atomic E-state index is 15.4. The fourth-order valence-electron chi connectivity index (χ4n) is 16.4. The van der Waals surface area contributed by atoms with E-state index in [0.717, 1.165) is -0.0619 Å². The molecule has 35 heteroatoms. The highest BCUT2D eigenvalue weighted by atomic mass is 127. The number of ether oxygens (including phenoxy) is 12. The average molecular weight is 1670 g/mol. The molecule has 10 aliphatic rings. The van der Waals surface area contributed by atoms with Crippen molar-refractivity contribution in [3.8, 4) is 0 Å². The van der Waals surface area contributed by atoms with E-state index in [9.17, 15) is 97.0 Å². The van der Waals surface area contributed by atoms with E-state index in [0.29, 0.717) is 56.9 Å². The van der Waals surface area contributed by atoms with Crippen molar-refractivity contribution in [3.05, 3.63) is 12.2 Å². The third-order valence-corrected chi connectivity index (χ3v) is 21.3. The van der Waals surface area contributed by atoms with Crippen LogP contribution in [0.5, 0.6) is 0 Å². The van der Waals surface area contributed by atoms with Crippen molar-refractivity contribution in [1.29, 1.82) is 0 Å². The fraction of sp³-hybridized carbons (Fsp3) is 0.947. The van der Waals surface area contributed by atoms with Gasteiger partial charge in [0.2, 0.25) is 6.29 Å². The van der Waals surface area contributed by atoms with Crippen LogP contribution in [-0.2, 0) is 61.6 Å². The second kappa shape index (κ2) is 30.8. The first-order valence-electron chi connectivity index (χ1n) is 30.9. The van der Waals surface area contributed by atoms with Gasteiger partial charge in [0.05, 0.1) is 50.2 Å². The molecule has 6 aliphatic heterocycles. The number of carbonyl (C=O) groups is 1. The number of rotatable bonds is 17. The van der Waals surface area contributed by atoms with Crippen LogP contribution in [-0.4, -0.2) is 326 Å². The monoisotopic (exact) mass is 1670 g/mol. The summed E-state index contributed by atoms with van der Waals surface area (Å²) in [6, 6.07) is 0. The number of hydrogen-bond donors (Lipinski definition) is 19. The Morgan fingerprint density at radius 3 is 1.29 bits per heavy atom. The normalized spacial score (nSPS) is 53.0. The maximum Gasteiger partial charge on any atom is 0.314 e. The molecule has 30 unspecified atom stereocenters. The topological polar surface area (TPSA) is 512 Å². The van der Waals surface area contributed by atoms with E-state index in [1.165, 1.54) is 6.92 Å². The lowest BCUT2D eigenvalue weighted by Gasteiger charge is -2.64. The zero-order chi connectivity index (χ0) is 67.6. The largest absolute Gasteiger partial charge is 0.432 e. The van der Waals surface area contributed by atoms with E-state index in [-0.39, 0.29) is 12.3 Å². The van der Waals surface area contributed by atoms with Crippen LogP contribution >= 0.6 is 67.8 Å². The minimum atomic E-state index is -2.03. The fourth-order valence-corrected chi connectivity index (χ4v) is 16.4. The first kappa shape index (κ1) is 76.4. The first-order valence-corrected chi connectivity index (χ1v) is 34.7. The Balaban J connectivity index is 0.00000243. The highest BCUT2D eigenvalue weighted by Gasteiger charge is 2.70. The van der Waals surface area contributed by atoms with Crippen LogP contribution in [0, 0.1) is 28.1 Å². The van der Waals surface area contributed by atoms with Gasteiger partial charge in [-0.25, -0.2) is 0 Å². The number of esters is 1. The summed E-state index contributed by atoms with van der Waals surface area (Å²) >= 11 is 6.95. The Kier molecular flexibility index (Phi) is 25.6. The minimum absolute atomic E-state index is 0.133. The Morgan fingerprint density at radius 1 is 0.478 bits per heavy atom. The van der Waals surface area contributed by atoms with Gasteiger partial charge in [-0.3, -0.25) is 4.79 Å². The van der Waals surface area contributed by atoms with Crippen LogP contribution in [0.1, 0.15) is 78.6 Å². The summed E-state index contributed by atoms with van der Waals surface area (Å²) in [6.45, 7) is 5.42. The van der Waals surface area contributed by atoms with Crippen molar-refractivity contribution < 1.29 is 159 Å². The number of fused-ring (bicyclic) bond motifs is 3. The van der Waals surface area contributed by atoms with E-state index in [2.05, 4.69) is 81.3 Å². The molecule has 1 spiro atoms. The molecule has 4 aliphatic carbocycles. The Morgan fingerprint density at radius 2 is 0.848 bits per heavy atom. The number of halogens is 3. The SMILES string of the molecule is C=C1C[C@@]23CC[C@H]4[C@@](C)(CCC[C@@]4(C)C(=O)OC4OC(CO)C(O)C(OC5OC(CO)C(O)C(O)C5O)C4OC4OC(C)C(O)C(O)C4O)[C@@H]2CC[C@]1(OC1OC(CO)C(O)C(OC2OC(CO)C(O)C(O)C2O)C1OC1OC(CO)C(O)C(O)C1O)C3.IC(I)I. The number of aliphatic hydroxyl groups is 19. The first-order chi connectivity index (χ1) is 43.3. The van der Waals surface area contributed by atoms with Gasteiger partial charge in [0.1, 0.15) is 134 Å². The molecule has 2 bridgehead atoms. The highest BCUT2D eigenvalue weighted by Crippen LogP contribution is 2.74. The molecular weight excluding hydrogens is 1580 g/mol. The predicted octanol–water partition coefficient (Wildman–Crippen LogP) is -5.86. The molecule has 19 N–H and O–H groups in total. The molecule has 6 saturated heterocycles. The second-order valence-electron chi connectivity index (χ2n) is 26.7. The molecule has 36 atom stereocenters. The third kappa shape index (κ3) is 14.5. The lowest BCUT2D eigenvalue weighted by molar-refractivity contribution is -0.400. The molecule has 532 valence electrons. The van der Waals surface area contributed by atoms with E-state index in [1.54, 1.807) is 6.92 Å². The van der Waals surface area contributed by atoms with Crippen molar-refractivity contribution in [2.45, 2.75) is 268 Å². The molecule has 0 amide bonds. The van der Waals surface area contributed by atoms with Gasteiger partial charge in [0, 0.05) is 0 Å². The van der Waals surface area contributed by atoms with Crippen molar-refractivity contribution >= 4 is 73.7 Å². The lowest BCUT2D eigenvalue weighted by atomic mass is 9.41. The van der Waals surface area contributed by atoms with Gasteiger partial charge in [-0.15, -0.1) is 0 Å². The molecule has 6 heterocycles. The molecule has 4 saturated carbocycles. The van der Waals surface area contributed by atoms with Crippen LogP contribution in [0.15, 0.2) is 12.2 Å². The molecule has 92 heavy (non-hydrogen) atoms. The third-order valence-electron chi connectivity index (χ3n) is 21.3. The minimum Gasteiger partial charge on any atom is -0.432 e. The number of carbonyl (C=O) groups excluding carboxylic acids is 1. The van der Waals surface area contributed by atoms with E-state index < -0.39 is 251 Å². The summed E-state index contributed by atoms with van der Waals surface area (Å²) in [6.07, 6.45) is -50.1. The summed E-state index contributed by atoms with van der Waals surface area (Å²) < 4.78 is 73.9. The molecule has 10 fully saturated rings. The molecule has 0 aromatic carbocycles. The standard InChI is InChI=1S/C56H90O32.CHI3/c1-19-12-55-10-6-26-53(3,8-5-9-54(26,4)52(76)87-50-44(85-46-38(72)34(68)28(62)20(2)77-46)42(32(66)24(16-60)81-50)83-47-39(73)35(69)29(63)21(13-57)78-47)27(55)7-11-56(19,18-55)88-51-45(86-49-41(75)37(71)31(65)23(15-59)80-49)43(33(67)25(17-61)82-51)84-48-40(74)36(70)30(64)22(14-58)79-48;2-1(3)4/h20-51,57-75H,1,5-18H2,2-4H3;1H/t20?,21?,22?,23?,24?,25?,26-,27-,28?,29?,30?,31?,32?,33?,34?,35?,36?,37?,38?,39?,40?,41?,42?,43?,44?,45?,46?,47?,48?,49?,50?,51?,53+,54+,55+,56-;/m0./s1. The molecule has 0 aromatic heterocycles. The Labute approximate surface area is 570 Å². The maximum absolute atomic E-state index is 15.4. The number of hydrogen-bond acceptors (Lipinski definition) is 32. The molecule has 0 aromatic rings. The molecule has 32 nitrogen and oxygen atoms in total.